The van der Waals surface area contributed by atoms with Gasteiger partial charge in [0.05, 0.1) is 16.6 Å². The van der Waals surface area contributed by atoms with Crippen molar-refractivity contribution in [3.8, 4) is 0 Å². The number of nitrogens with one attached hydrogen (secondary N) is 1. The quantitative estimate of drug-likeness (QED) is 0.266. The number of nitrogens with zero attached hydrogens (tertiary/aromatic N) is 5. The van der Waals surface area contributed by atoms with E-state index >= 15 is 0 Å². The number of carboxylic acids is 2. The number of alkyl halides is 6. The Balaban J connectivity index is 0.000000331. The molecule has 20 heteroatoms. The minimum atomic E-state index is -5.08. The molecule has 0 unspecified atom stereocenters. The molecule has 0 bridgehead atoms. The molecule has 3 N–H and O–H groups in total. The fourth-order valence-corrected chi connectivity index (χ4v) is 6.07. The van der Waals surface area contributed by atoms with Crippen LogP contribution in [0.5, 0.6) is 0 Å². The summed E-state index contributed by atoms with van der Waals surface area (Å²) in [6.07, 6.45) is -3.27. The van der Waals surface area contributed by atoms with E-state index in [2.05, 4.69) is 36.7 Å². The van der Waals surface area contributed by atoms with Gasteiger partial charge in [0, 0.05) is 55.5 Å². The van der Waals surface area contributed by atoms with Crippen LogP contribution in [0.25, 0.3) is 11.0 Å². The van der Waals surface area contributed by atoms with Gasteiger partial charge in [0.2, 0.25) is 0 Å². The molecule has 5 rings (SSSR count). The van der Waals surface area contributed by atoms with Crippen molar-refractivity contribution in [1.29, 1.82) is 0 Å². The highest BCUT2D eigenvalue weighted by atomic mass is 35.5. The highest BCUT2D eigenvalue weighted by Crippen LogP contribution is 2.37. The number of carboxylic acid groups (broad SMARTS) is 2. The van der Waals surface area contributed by atoms with Crippen LogP contribution < -0.4 is 9.80 Å². The van der Waals surface area contributed by atoms with Crippen molar-refractivity contribution in [3.05, 3.63) is 41.1 Å². The molecule has 0 spiro atoms. The second-order valence-corrected chi connectivity index (χ2v) is 12.8. The lowest BCUT2D eigenvalue weighted by atomic mass is 9.98. The average Bonchev–Trinajstić information content (AvgIpc) is 3.39. The first kappa shape index (κ1) is 35.6. The smallest absolute Gasteiger partial charge is 0.475 e. The molecule has 1 atom stereocenters. The Morgan fingerprint density at radius 2 is 1.60 bits per heavy atom. The molecule has 1 fully saturated rings. The number of piperidine rings is 1. The number of rotatable bonds is 3. The van der Waals surface area contributed by atoms with E-state index in [1.54, 1.807) is 6.33 Å². The van der Waals surface area contributed by atoms with E-state index in [1.807, 2.05) is 18.3 Å². The van der Waals surface area contributed by atoms with Crippen LogP contribution in [0.15, 0.2) is 24.7 Å². The third-order valence-corrected chi connectivity index (χ3v) is 8.85. The summed E-state index contributed by atoms with van der Waals surface area (Å²) >= 11 is 6.31. The summed E-state index contributed by atoms with van der Waals surface area (Å²) in [4.78, 5) is 39.1. The van der Waals surface area contributed by atoms with Gasteiger partial charge in [-0.2, -0.15) is 26.3 Å². The van der Waals surface area contributed by atoms with Crippen LogP contribution in [-0.4, -0.2) is 93.5 Å². The SMILES string of the molecule is C[C@@H]1Cc2ncnc(N3CCC(S(C)(=O)=O)CC3)c2CN1c1cc(Cl)nc2[nH]ccc12.O=C(O)C(F)(F)F.O=C(O)C(F)(F)F. The van der Waals surface area contributed by atoms with Gasteiger partial charge >= 0.3 is 24.3 Å². The second-order valence-electron chi connectivity index (χ2n) is 10.1. The predicted octanol–water partition coefficient (Wildman–Crippen LogP) is 4.24. The molecule has 248 valence electrons. The molecule has 0 saturated carbocycles. The van der Waals surface area contributed by atoms with E-state index in [0.29, 0.717) is 37.6 Å². The van der Waals surface area contributed by atoms with Crippen LogP contribution in [-0.2, 0) is 32.4 Å². The third-order valence-electron chi connectivity index (χ3n) is 6.98. The number of fused-ring (bicyclic) bond motifs is 2. The molecule has 1 saturated heterocycles. The van der Waals surface area contributed by atoms with Gasteiger partial charge in [0.15, 0.2) is 0 Å². The second kappa shape index (κ2) is 13.6. The van der Waals surface area contributed by atoms with E-state index in [-0.39, 0.29) is 11.3 Å². The van der Waals surface area contributed by atoms with Crippen LogP contribution >= 0.6 is 11.6 Å². The number of aliphatic carboxylic acids is 2. The van der Waals surface area contributed by atoms with Gasteiger partial charge in [-0.1, -0.05) is 11.6 Å². The number of hydrogen-bond acceptors (Lipinski definition) is 9. The molecule has 12 nitrogen and oxygen atoms in total. The fourth-order valence-electron chi connectivity index (χ4n) is 4.81. The summed E-state index contributed by atoms with van der Waals surface area (Å²) in [6.45, 7) is 4.22. The van der Waals surface area contributed by atoms with Gasteiger partial charge in [-0.15, -0.1) is 0 Å². The summed E-state index contributed by atoms with van der Waals surface area (Å²) in [5, 5.41) is 15.5. The van der Waals surface area contributed by atoms with Gasteiger partial charge in [-0.3, -0.25) is 0 Å². The molecule has 3 aromatic heterocycles. The van der Waals surface area contributed by atoms with Crippen molar-refractivity contribution in [2.75, 3.05) is 29.1 Å². The summed E-state index contributed by atoms with van der Waals surface area (Å²) in [5.41, 5.74) is 3.98. The number of H-pyrrole nitrogens is 1. The number of anilines is 2. The molecule has 5 heterocycles. The van der Waals surface area contributed by atoms with Gasteiger partial charge in [-0.05, 0) is 31.9 Å². The maximum absolute atomic E-state index is 11.9. The molecule has 0 radical (unpaired) electrons. The number of sulfone groups is 1. The Kier molecular flexibility index (Phi) is 10.8. The largest absolute Gasteiger partial charge is 0.490 e. The van der Waals surface area contributed by atoms with Crippen molar-refractivity contribution in [3.63, 3.8) is 0 Å². The lowest BCUT2D eigenvalue weighted by Gasteiger charge is -2.39. The standard InChI is InChI=1S/C21H25ClN6O2S.2C2HF3O2/c1-13-9-17-16(11-28(13)18-10-19(22)26-20-15(18)3-6-23-20)21(25-12-24-17)27-7-4-14(5-8-27)31(2,29)30;2*3-2(4,5)1(6)7/h3,6,10,12-14H,4-5,7-9,11H2,1-2H3,(H,23,26);2*(H,6,7)/t13-;;/m1../s1. The highest BCUT2D eigenvalue weighted by molar-refractivity contribution is 7.91. The maximum atomic E-state index is 11.9. The van der Waals surface area contributed by atoms with Crippen LogP contribution in [0.1, 0.15) is 31.0 Å². The van der Waals surface area contributed by atoms with Gasteiger partial charge in [0.25, 0.3) is 0 Å². The zero-order chi connectivity index (χ0) is 33.9. The summed E-state index contributed by atoms with van der Waals surface area (Å²) in [7, 11) is -3.01. The summed E-state index contributed by atoms with van der Waals surface area (Å²) < 4.78 is 87.4. The Hall–Kier alpha value is -3.87. The van der Waals surface area contributed by atoms with Crippen molar-refractivity contribution < 1.29 is 54.6 Å². The first-order valence-electron chi connectivity index (χ1n) is 13.0. The lowest BCUT2D eigenvalue weighted by molar-refractivity contribution is -0.193. The molecule has 0 aliphatic carbocycles. The number of carbonyl (C=O) groups is 2. The van der Waals surface area contributed by atoms with E-state index in [0.717, 1.165) is 40.2 Å². The van der Waals surface area contributed by atoms with Gasteiger partial charge < -0.3 is 25.0 Å². The maximum Gasteiger partial charge on any atom is 0.490 e. The zero-order valence-corrected chi connectivity index (χ0v) is 25.1. The molecule has 2 aliphatic rings. The average molecular weight is 689 g/mol. The molecular weight excluding hydrogens is 662 g/mol. The van der Waals surface area contributed by atoms with Crippen LogP contribution in [0.2, 0.25) is 5.15 Å². The fraction of sp³-hybridized carbons (Fsp3) is 0.480. The van der Waals surface area contributed by atoms with Crippen LogP contribution in [0, 0.1) is 0 Å². The number of aromatic amines is 1. The molecule has 3 aromatic rings. The van der Waals surface area contributed by atoms with E-state index in [4.69, 9.17) is 31.4 Å². The highest BCUT2D eigenvalue weighted by Gasteiger charge is 2.39. The molecular formula is C25H27ClF6N6O6S. The number of halogens is 7. The Bertz CT molecular complexity index is 1620. The zero-order valence-electron chi connectivity index (χ0n) is 23.5. The van der Waals surface area contributed by atoms with Crippen molar-refractivity contribution in [2.45, 2.75) is 56.4 Å². The normalized spacial score (nSPS) is 17.5. The summed E-state index contributed by atoms with van der Waals surface area (Å²) in [5.74, 6) is -4.60. The Morgan fingerprint density at radius 3 is 2.11 bits per heavy atom. The van der Waals surface area contributed by atoms with Crippen LogP contribution in [0.4, 0.5) is 37.8 Å². The summed E-state index contributed by atoms with van der Waals surface area (Å²) in [6, 6.07) is 4.18. The molecule has 2 aliphatic heterocycles. The van der Waals surface area contributed by atoms with Gasteiger partial charge in [-0.25, -0.2) is 33.0 Å². The lowest BCUT2D eigenvalue weighted by Crippen LogP contribution is -2.43. The topological polar surface area (TPSA) is 170 Å². The van der Waals surface area contributed by atoms with E-state index in [9.17, 15) is 34.8 Å². The third kappa shape index (κ3) is 9.09. The number of hydrogen-bond donors (Lipinski definition) is 3. The molecule has 0 amide bonds. The van der Waals surface area contributed by atoms with E-state index in [1.165, 1.54) is 6.26 Å². The number of aromatic nitrogens is 4. The van der Waals surface area contributed by atoms with E-state index < -0.39 is 34.1 Å². The first-order chi connectivity index (χ1) is 20.7. The van der Waals surface area contributed by atoms with Gasteiger partial charge in [0.1, 0.15) is 32.8 Å². The first-order valence-corrected chi connectivity index (χ1v) is 15.3. The number of pyridine rings is 1. The van der Waals surface area contributed by atoms with Crippen molar-refractivity contribution in [1.82, 2.24) is 19.9 Å². The molecule has 0 aromatic carbocycles. The Morgan fingerprint density at radius 1 is 1.04 bits per heavy atom. The Labute approximate surface area is 257 Å². The van der Waals surface area contributed by atoms with Crippen LogP contribution in [0.3, 0.4) is 0 Å². The molecule has 45 heavy (non-hydrogen) atoms. The predicted molar refractivity (Wildman–Crippen MR) is 150 cm³/mol. The minimum Gasteiger partial charge on any atom is -0.475 e. The van der Waals surface area contributed by atoms with Crippen molar-refractivity contribution >= 4 is 55.9 Å². The monoisotopic (exact) mass is 688 g/mol. The minimum absolute atomic E-state index is 0.239. The van der Waals surface area contributed by atoms with Crippen molar-refractivity contribution in [2.24, 2.45) is 0 Å².